The fourth-order valence-electron chi connectivity index (χ4n) is 2.75. The monoisotopic (exact) mass is 280 g/mol. The van der Waals surface area contributed by atoms with Crippen LogP contribution < -0.4 is 10.6 Å². The van der Waals surface area contributed by atoms with Crippen molar-refractivity contribution in [1.82, 2.24) is 0 Å². The second kappa shape index (κ2) is 6.00. The van der Waals surface area contributed by atoms with Crippen LogP contribution in [-0.2, 0) is 17.6 Å². The first kappa shape index (κ1) is 13.7. The Balaban J connectivity index is 1.63. The summed E-state index contributed by atoms with van der Waals surface area (Å²) in [7, 11) is 0. The van der Waals surface area contributed by atoms with E-state index < -0.39 is 0 Å². The van der Waals surface area contributed by atoms with E-state index in [-0.39, 0.29) is 11.9 Å². The minimum absolute atomic E-state index is 0.0262. The predicted molar refractivity (Wildman–Crippen MR) is 86.6 cm³/mol. The van der Waals surface area contributed by atoms with Crippen LogP contribution in [0.2, 0.25) is 0 Å². The van der Waals surface area contributed by atoms with Crippen LogP contribution in [0, 0.1) is 0 Å². The van der Waals surface area contributed by atoms with Crippen molar-refractivity contribution < 1.29 is 4.79 Å². The van der Waals surface area contributed by atoms with Crippen LogP contribution in [0.1, 0.15) is 24.5 Å². The van der Waals surface area contributed by atoms with Crippen molar-refractivity contribution in [2.45, 2.75) is 32.2 Å². The van der Waals surface area contributed by atoms with Gasteiger partial charge in [0.2, 0.25) is 5.91 Å². The Kier molecular flexibility index (Phi) is 3.91. The standard InChI is InChI=1S/C18H20N2O/c1-13(18(21)20-16-8-3-2-4-9-16)19-17-11-10-14-6-5-7-15(14)12-17/h2-4,8-13,19H,5-7H2,1H3,(H,20,21)/t13-/m1/s1. The van der Waals surface area contributed by atoms with Crippen molar-refractivity contribution >= 4 is 17.3 Å². The van der Waals surface area contributed by atoms with Gasteiger partial charge in [-0.25, -0.2) is 0 Å². The summed E-state index contributed by atoms with van der Waals surface area (Å²) in [6.45, 7) is 1.88. The second-order valence-corrected chi connectivity index (χ2v) is 5.56. The fraction of sp³-hybridized carbons (Fsp3) is 0.278. The number of fused-ring (bicyclic) bond motifs is 1. The van der Waals surface area contributed by atoms with E-state index in [1.807, 2.05) is 37.3 Å². The summed E-state index contributed by atoms with van der Waals surface area (Å²) in [4.78, 5) is 12.2. The number of carbonyl (C=O) groups is 1. The highest BCUT2D eigenvalue weighted by atomic mass is 16.2. The van der Waals surface area contributed by atoms with Crippen LogP contribution in [-0.4, -0.2) is 11.9 Å². The molecule has 0 saturated carbocycles. The maximum absolute atomic E-state index is 12.2. The number of amides is 1. The SMILES string of the molecule is C[C@@H](Nc1ccc2c(c1)CCC2)C(=O)Nc1ccccc1. The lowest BCUT2D eigenvalue weighted by Gasteiger charge is -2.16. The van der Waals surface area contributed by atoms with Crippen LogP contribution in [0.5, 0.6) is 0 Å². The number of hydrogen-bond donors (Lipinski definition) is 2. The molecule has 0 spiro atoms. The van der Waals surface area contributed by atoms with E-state index in [0.717, 1.165) is 17.8 Å². The Labute approximate surface area is 125 Å². The third-order valence-electron chi connectivity index (χ3n) is 3.92. The van der Waals surface area contributed by atoms with E-state index in [9.17, 15) is 4.79 Å². The highest BCUT2D eigenvalue weighted by molar-refractivity contribution is 5.96. The Morgan fingerprint density at radius 1 is 1.00 bits per heavy atom. The molecule has 0 saturated heterocycles. The van der Waals surface area contributed by atoms with Gasteiger partial charge in [0.05, 0.1) is 0 Å². The fourth-order valence-corrected chi connectivity index (χ4v) is 2.75. The number of carbonyl (C=O) groups excluding carboxylic acids is 1. The molecule has 3 heteroatoms. The first-order chi connectivity index (χ1) is 10.2. The number of nitrogens with one attached hydrogen (secondary N) is 2. The molecule has 2 N–H and O–H groups in total. The van der Waals surface area contributed by atoms with Gasteiger partial charge in [-0.2, -0.15) is 0 Å². The van der Waals surface area contributed by atoms with E-state index in [2.05, 4.69) is 28.8 Å². The molecule has 0 aliphatic heterocycles. The van der Waals surface area contributed by atoms with E-state index >= 15 is 0 Å². The minimum atomic E-state index is -0.273. The molecule has 0 unspecified atom stereocenters. The van der Waals surface area contributed by atoms with Gasteiger partial charge in [0.1, 0.15) is 6.04 Å². The van der Waals surface area contributed by atoms with Gasteiger partial charge in [-0.05, 0) is 61.6 Å². The van der Waals surface area contributed by atoms with Crippen molar-refractivity contribution in [2.75, 3.05) is 10.6 Å². The number of para-hydroxylation sites is 1. The molecule has 0 heterocycles. The minimum Gasteiger partial charge on any atom is -0.374 e. The van der Waals surface area contributed by atoms with Crippen molar-refractivity contribution in [3.8, 4) is 0 Å². The molecule has 3 rings (SSSR count). The first-order valence-corrected chi connectivity index (χ1v) is 7.46. The van der Waals surface area contributed by atoms with Crippen LogP contribution in [0.4, 0.5) is 11.4 Å². The zero-order chi connectivity index (χ0) is 14.7. The topological polar surface area (TPSA) is 41.1 Å². The summed E-state index contributed by atoms with van der Waals surface area (Å²) < 4.78 is 0. The Bertz CT molecular complexity index is 637. The van der Waals surface area contributed by atoms with Crippen LogP contribution in [0.25, 0.3) is 0 Å². The van der Waals surface area contributed by atoms with Crippen molar-refractivity contribution in [3.63, 3.8) is 0 Å². The average molecular weight is 280 g/mol. The highest BCUT2D eigenvalue weighted by Gasteiger charge is 2.15. The summed E-state index contributed by atoms with van der Waals surface area (Å²) in [5, 5.41) is 6.19. The molecule has 0 radical (unpaired) electrons. The lowest BCUT2D eigenvalue weighted by Crippen LogP contribution is -2.31. The Morgan fingerprint density at radius 3 is 2.57 bits per heavy atom. The number of hydrogen-bond acceptors (Lipinski definition) is 2. The maximum atomic E-state index is 12.2. The largest absolute Gasteiger partial charge is 0.374 e. The maximum Gasteiger partial charge on any atom is 0.246 e. The molecule has 0 aromatic heterocycles. The molecule has 1 amide bonds. The zero-order valence-corrected chi connectivity index (χ0v) is 12.2. The summed E-state index contributed by atoms with van der Waals surface area (Å²) >= 11 is 0. The van der Waals surface area contributed by atoms with Crippen LogP contribution >= 0.6 is 0 Å². The summed E-state index contributed by atoms with van der Waals surface area (Å²) in [5.74, 6) is -0.0262. The van der Waals surface area contributed by atoms with E-state index in [0.29, 0.717) is 0 Å². The first-order valence-electron chi connectivity index (χ1n) is 7.46. The van der Waals surface area contributed by atoms with Crippen LogP contribution in [0.3, 0.4) is 0 Å². The van der Waals surface area contributed by atoms with Crippen LogP contribution in [0.15, 0.2) is 48.5 Å². The average Bonchev–Trinajstić information content (AvgIpc) is 2.95. The smallest absolute Gasteiger partial charge is 0.246 e. The van der Waals surface area contributed by atoms with Crippen molar-refractivity contribution in [1.29, 1.82) is 0 Å². The van der Waals surface area contributed by atoms with Crippen molar-refractivity contribution in [3.05, 3.63) is 59.7 Å². The van der Waals surface area contributed by atoms with Gasteiger partial charge in [-0.3, -0.25) is 4.79 Å². The zero-order valence-electron chi connectivity index (χ0n) is 12.2. The Morgan fingerprint density at radius 2 is 1.76 bits per heavy atom. The number of anilines is 2. The Hall–Kier alpha value is -2.29. The predicted octanol–water partition coefficient (Wildman–Crippen LogP) is 3.61. The molecule has 21 heavy (non-hydrogen) atoms. The summed E-state index contributed by atoms with van der Waals surface area (Å²) in [6.07, 6.45) is 3.57. The summed E-state index contributed by atoms with van der Waals surface area (Å²) in [6, 6.07) is 15.7. The van der Waals surface area contributed by atoms with Gasteiger partial charge in [-0.15, -0.1) is 0 Å². The molecular formula is C18H20N2O. The molecular weight excluding hydrogens is 260 g/mol. The van der Waals surface area contributed by atoms with Gasteiger partial charge < -0.3 is 10.6 Å². The molecule has 1 aliphatic rings. The molecule has 1 aliphatic carbocycles. The molecule has 3 nitrogen and oxygen atoms in total. The number of benzene rings is 2. The lowest BCUT2D eigenvalue weighted by atomic mass is 10.1. The third kappa shape index (κ3) is 3.24. The van der Waals surface area contributed by atoms with E-state index in [4.69, 9.17) is 0 Å². The van der Waals surface area contributed by atoms with Gasteiger partial charge in [0.25, 0.3) is 0 Å². The molecule has 0 fully saturated rings. The summed E-state index contributed by atoms with van der Waals surface area (Å²) in [5.41, 5.74) is 4.70. The van der Waals surface area contributed by atoms with Gasteiger partial charge in [0.15, 0.2) is 0 Å². The molecule has 1 atom stereocenters. The second-order valence-electron chi connectivity index (χ2n) is 5.56. The molecule has 108 valence electrons. The van der Waals surface area contributed by atoms with E-state index in [1.165, 1.54) is 24.0 Å². The highest BCUT2D eigenvalue weighted by Crippen LogP contribution is 2.25. The van der Waals surface area contributed by atoms with Gasteiger partial charge >= 0.3 is 0 Å². The quantitative estimate of drug-likeness (QED) is 0.898. The third-order valence-corrected chi connectivity index (χ3v) is 3.92. The van der Waals surface area contributed by atoms with Gasteiger partial charge in [-0.1, -0.05) is 24.3 Å². The molecule has 2 aromatic rings. The number of rotatable bonds is 4. The lowest BCUT2D eigenvalue weighted by molar-refractivity contribution is -0.116. The molecule has 2 aromatic carbocycles. The van der Waals surface area contributed by atoms with Gasteiger partial charge in [0, 0.05) is 11.4 Å². The van der Waals surface area contributed by atoms with E-state index in [1.54, 1.807) is 0 Å². The van der Waals surface area contributed by atoms with Crippen molar-refractivity contribution in [2.24, 2.45) is 0 Å². The molecule has 0 bridgehead atoms. The normalized spacial score (nSPS) is 14.3. The number of aryl methyl sites for hydroxylation is 2.